The van der Waals surface area contributed by atoms with Crippen LogP contribution in [-0.2, 0) is 6.42 Å². The number of benzene rings is 2. The van der Waals surface area contributed by atoms with Crippen LogP contribution in [0.1, 0.15) is 29.3 Å². The van der Waals surface area contributed by atoms with E-state index < -0.39 is 23.3 Å². The Morgan fingerprint density at radius 1 is 0.938 bits per heavy atom. The van der Waals surface area contributed by atoms with E-state index in [1.807, 2.05) is 19.1 Å². The molecule has 0 radical (unpaired) electrons. The first-order chi connectivity index (χ1) is 15.2. The minimum Gasteiger partial charge on any atom is -0.252 e. The summed E-state index contributed by atoms with van der Waals surface area (Å²) < 4.78 is 55.1. The number of hydrogen-bond donors (Lipinski definition) is 0. The van der Waals surface area contributed by atoms with E-state index in [1.54, 1.807) is 38.1 Å². The Morgan fingerprint density at radius 2 is 1.59 bits per heavy atom. The third kappa shape index (κ3) is 5.41. The average Bonchev–Trinajstić information content (AvgIpc) is 2.66. The van der Waals surface area contributed by atoms with Gasteiger partial charge in [-0.2, -0.15) is 0 Å². The van der Waals surface area contributed by atoms with Crippen LogP contribution < -0.4 is 0 Å². The van der Waals surface area contributed by atoms with Crippen molar-refractivity contribution in [1.82, 2.24) is 4.98 Å². The zero-order valence-electron chi connectivity index (χ0n) is 18.1. The topological polar surface area (TPSA) is 12.9 Å². The quantitative estimate of drug-likeness (QED) is 0.285. The van der Waals surface area contributed by atoms with Gasteiger partial charge in [-0.05, 0) is 61.7 Å². The van der Waals surface area contributed by atoms with Crippen LogP contribution in [0.3, 0.4) is 0 Å². The lowest BCUT2D eigenvalue weighted by atomic mass is 10.00. The first-order valence-electron chi connectivity index (χ1n) is 10.1. The van der Waals surface area contributed by atoms with Gasteiger partial charge in [-0.15, -0.1) is 0 Å². The molecule has 32 heavy (non-hydrogen) atoms. The molecule has 0 atom stereocenters. The molecule has 1 nitrogen and oxygen atoms in total. The Hall–Kier alpha value is -3.47. The second kappa shape index (κ2) is 9.77. The molecular formula is C27H23F4N. The molecule has 0 saturated carbocycles. The molecule has 0 bridgehead atoms. The summed E-state index contributed by atoms with van der Waals surface area (Å²) in [5, 5.41) is 0. The van der Waals surface area contributed by atoms with Gasteiger partial charge >= 0.3 is 0 Å². The maximum Gasteiger partial charge on any atom is 0.135 e. The molecule has 3 aromatic rings. The molecule has 0 aliphatic carbocycles. The van der Waals surface area contributed by atoms with Crippen LogP contribution >= 0.6 is 0 Å². The second-order valence-corrected chi connectivity index (χ2v) is 7.75. The third-order valence-electron chi connectivity index (χ3n) is 5.03. The molecule has 3 rings (SSSR count). The number of hydrogen-bond acceptors (Lipinski definition) is 1. The van der Waals surface area contributed by atoms with E-state index in [0.717, 1.165) is 23.4 Å². The number of halogens is 4. The van der Waals surface area contributed by atoms with Gasteiger partial charge in [0, 0.05) is 35.4 Å². The van der Waals surface area contributed by atoms with Gasteiger partial charge in [0.2, 0.25) is 0 Å². The Morgan fingerprint density at radius 3 is 2.25 bits per heavy atom. The standard InChI is InChI=1S/C27H23F4N/c1-16(7-5-8-17(2)26-18(3)12-20(28)14-23(26)30)11-22-9-6-10-25(32-22)27-19(4)13-21(29)15-24(27)31/h5-10,12-15H,2,11H2,1,3-4H3/b8-5-,16-7+. The molecule has 2 aromatic carbocycles. The van der Waals surface area contributed by atoms with Crippen molar-refractivity contribution >= 4 is 5.57 Å². The van der Waals surface area contributed by atoms with Crippen LogP contribution in [0, 0.1) is 37.1 Å². The van der Waals surface area contributed by atoms with Crippen LogP contribution in [0.2, 0.25) is 0 Å². The zero-order chi connectivity index (χ0) is 23.4. The summed E-state index contributed by atoms with van der Waals surface area (Å²) in [5.74, 6) is -2.55. The Labute approximate surface area is 185 Å². The predicted molar refractivity (Wildman–Crippen MR) is 121 cm³/mol. The van der Waals surface area contributed by atoms with Crippen LogP contribution in [0.5, 0.6) is 0 Å². The van der Waals surface area contributed by atoms with Gasteiger partial charge in [0.1, 0.15) is 23.3 Å². The molecule has 0 saturated heterocycles. The highest BCUT2D eigenvalue weighted by Crippen LogP contribution is 2.27. The first kappa shape index (κ1) is 23.2. The lowest BCUT2D eigenvalue weighted by Crippen LogP contribution is -1.97. The van der Waals surface area contributed by atoms with Crippen LogP contribution in [0.15, 0.2) is 72.8 Å². The highest BCUT2D eigenvalue weighted by atomic mass is 19.1. The lowest BCUT2D eigenvalue weighted by molar-refractivity contribution is 0.579. The van der Waals surface area contributed by atoms with E-state index in [4.69, 9.17) is 0 Å². The zero-order valence-corrected chi connectivity index (χ0v) is 18.1. The van der Waals surface area contributed by atoms with Crippen LogP contribution in [0.4, 0.5) is 17.6 Å². The Bertz CT molecular complexity index is 1190. The molecule has 0 N–H and O–H groups in total. The summed E-state index contributed by atoms with van der Waals surface area (Å²) in [6.07, 6.45) is 5.76. The van der Waals surface area contributed by atoms with E-state index in [-0.39, 0.29) is 11.1 Å². The molecule has 0 unspecified atom stereocenters. The SMILES string of the molecule is C=C(/C=C\C=C(/C)Cc1cccc(-c2c(C)cc(F)cc2F)n1)c1c(C)cc(F)cc1F. The molecule has 0 aliphatic rings. The fraction of sp³-hybridized carbons (Fsp3) is 0.148. The average molecular weight is 437 g/mol. The Balaban J connectivity index is 1.76. The van der Waals surface area contributed by atoms with Gasteiger partial charge in [0.05, 0.1) is 5.69 Å². The largest absolute Gasteiger partial charge is 0.252 e. The number of pyridine rings is 1. The lowest BCUT2D eigenvalue weighted by Gasteiger charge is -2.09. The minimum atomic E-state index is -0.651. The summed E-state index contributed by atoms with van der Waals surface area (Å²) >= 11 is 0. The van der Waals surface area contributed by atoms with Crippen molar-refractivity contribution < 1.29 is 17.6 Å². The van der Waals surface area contributed by atoms with E-state index in [0.29, 0.717) is 28.8 Å². The van der Waals surface area contributed by atoms with Gasteiger partial charge in [-0.3, -0.25) is 4.98 Å². The minimum absolute atomic E-state index is 0.278. The van der Waals surface area contributed by atoms with Crippen molar-refractivity contribution in [3.8, 4) is 11.3 Å². The molecule has 1 aromatic heterocycles. The van der Waals surface area contributed by atoms with E-state index in [9.17, 15) is 17.6 Å². The van der Waals surface area contributed by atoms with Gasteiger partial charge in [0.25, 0.3) is 0 Å². The van der Waals surface area contributed by atoms with Crippen molar-refractivity contribution in [2.45, 2.75) is 27.2 Å². The van der Waals surface area contributed by atoms with Crippen molar-refractivity contribution in [2.24, 2.45) is 0 Å². The van der Waals surface area contributed by atoms with Crippen LogP contribution in [-0.4, -0.2) is 4.98 Å². The molecule has 0 spiro atoms. The summed E-state index contributed by atoms with van der Waals surface area (Å²) in [6, 6.07) is 9.54. The van der Waals surface area contributed by atoms with E-state index in [2.05, 4.69) is 11.6 Å². The van der Waals surface area contributed by atoms with Crippen molar-refractivity contribution in [1.29, 1.82) is 0 Å². The summed E-state index contributed by atoms with van der Waals surface area (Å²) in [4.78, 5) is 4.53. The van der Waals surface area contributed by atoms with Gasteiger partial charge < -0.3 is 0 Å². The van der Waals surface area contributed by atoms with Gasteiger partial charge in [-0.25, -0.2) is 17.6 Å². The number of nitrogens with zero attached hydrogens (tertiary/aromatic N) is 1. The maximum absolute atomic E-state index is 14.3. The summed E-state index contributed by atoms with van der Waals surface area (Å²) in [5.41, 5.74) is 4.08. The molecule has 0 fully saturated rings. The predicted octanol–water partition coefficient (Wildman–Crippen LogP) is 7.68. The first-order valence-corrected chi connectivity index (χ1v) is 10.1. The number of rotatable bonds is 6. The van der Waals surface area contributed by atoms with Gasteiger partial charge in [-0.1, -0.05) is 36.4 Å². The van der Waals surface area contributed by atoms with Crippen molar-refractivity contribution in [2.75, 3.05) is 0 Å². The monoisotopic (exact) mass is 437 g/mol. The van der Waals surface area contributed by atoms with E-state index in [1.165, 1.54) is 12.1 Å². The second-order valence-electron chi connectivity index (χ2n) is 7.75. The smallest absolute Gasteiger partial charge is 0.135 e. The normalized spacial score (nSPS) is 11.9. The molecular weight excluding hydrogens is 414 g/mol. The molecule has 0 aliphatic heterocycles. The van der Waals surface area contributed by atoms with Crippen LogP contribution in [0.25, 0.3) is 16.8 Å². The molecule has 164 valence electrons. The highest BCUT2D eigenvalue weighted by molar-refractivity contribution is 5.74. The summed E-state index contributed by atoms with van der Waals surface area (Å²) in [6.45, 7) is 9.06. The third-order valence-corrected chi connectivity index (χ3v) is 5.03. The number of allylic oxidation sites excluding steroid dienone is 5. The van der Waals surface area contributed by atoms with E-state index >= 15 is 0 Å². The number of aryl methyl sites for hydroxylation is 2. The number of aromatic nitrogens is 1. The maximum atomic E-state index is 14.3. The van der Waals surface area contributed by atoms with Crippen molar-refractivity contribution in [3.63, 3.8) is 0 Å². The summed E-state index contributed by atoms with van der Waals surface area (Å²) in [7, 11) is 0. The fourth-order valence-electron chi connectivity index (χ4n) is 3.61. The van der Waals surface area contributed by atoms with Crippen molar-refractivity contribution in [3.05, 3.63) is 118 Å². The van der Waals surface area contributed by atoms with Gasteiger partial charge in [0.15, 0.2) is 0 Å². The Kier molecular flexibility index (Phi) is 7.08. The molecule has 0 amide bonds. The molecule has 5 heteroatoms. The highest BCUT2D eigenvalue weighted by Gasteiger charge is 2.13. The fourth-order valence-corrected chi connectivity index (χ4v) is 3.61. The molecule has 1 heterocycles.